The number of ether oxygens (including phenoxy) is 2. The molecular formula is C23H29ClN2O3. The summed E-state index contributed by atoms with van der Waals surface area (Å²) in [5, 5.41) is 0. The van der Waals surface area contributed by atoms with Crippen molar-refractivity contribution >= 4 is 24.4 Å². The first-order valence-corrected chi connectivity index (χ1v) is 9.62. The Hall–Kier alpha value is -2.50. The topological polar surface area (TPSA) is 64.8 Å². The van der Waals surface area contributed by atoms with Crippen LogP contribution in [0.3, 0.4) is 0 Å². The van der Waals surface area contributed by atoms with Crippen LogP contribution in [0.2, 0.25) is 0 Å². The van der Waals surface area contributed by atoms with Crippen molar-refractivity contribution in [3.8, 4) is 11.5 Å². The molecule has 1 fully saturated rings. The minimum atomic E-state index is -0.0311. The SMILES string of the molecule is C/C=C/c1ccc(OCC(=O)N2C[C@@H](CN)[C@H](c3ccccc3)C2)c(OC)c1.Cl. The molecule has 2 aromatic carbocycles. The Morgan fingerprint density at radius 3 is 2.59 bits per heavy atom. The minimum Gasteiger partial charge on any atom is -0.493 e. The molecule has 1 aliphatic heterocycles. The highest BCUT2D eigenvalue weighted by molar-refractivity contribution is 5.85. The number of carbonyl (C=O) groups is 1. The van der Waals surface area contributed by atoms with Crippen molar-refractivity contribution in [2.45, 2.75) is 12.8 Å². The lowest BCUT2D eigenvalue weighted by molar-refractivity contribution is -0.132. The fourth-order valence-corrected chi connectivity index (χ4v) is 3.72. The first-order chi connectivity index (χ1) is 13.7. The second-order valence-electron chi connectivity index (χ2n) is 7.01. The van der Waals surface area contributed by atoms with E-state index in [1.807, 2.05) is 60.4 Å². The Bertz CT molecular complexity index is 826. The molecule has 2 N–H and O–H groups in total. The Morgan fingerprint density at radius 1 is 1.17 bits per heavy atom. The van der Waals surface area contributed by atoms with E-state index in [-0.39, 0.29) is 36.8 Å². The monoisotopic (exact) mass is 416 g/mol. The third-order valence-corrected chi connectivity index (χ3v) is 5.22. The van der Waals surface area contributed by atoms with Crippen molar-refractivity contribution < 1.29 is 14.3 Å². The lowest BCUT2D eigenvalue weighted by Gasteiger charge is -2.18. The summed E-state index contributed by atoms with van der Waals surface area (Å²) in [6.45, 7) is 3.84. The number of nitrogens with zero attached hydrogens (tertiary/aromatic N) is 1. The molecule has 0 saturated carbocycles. The van der Waals surface area contributed by atoms with Gasteiger partial charge in [-0.2, -0.15) is 0 Å². The Labute approximate surface area is 178 Å². The molecule has 1 aliphatic rings. The molecule has 0 unspecified atom stereocenters. The van der Waals surface area contributed by atoms with E-state index >= 15 is 0 Å². The first-order valence-electron chi connectivity index (χ1n) is 9.62. The maximum Gasteiger partial charge on any atom is 0.260 e. The quantitative estimate of drug-likeness (QED) is 0.746. The average molecular weight is 417 g/mol. The standard InChI is InChI=1S/C23H28N2O3.ClH/c1-3-7-17-10-11-21(22(12-17)27-2)28-16-23(26)25-14-19(13-24)20(15-25)18-8-5-4-6-9-18;/h3-12,19-20H,13-16,24H2,1-2H3;1H/b7-3+;/t19-,20+;/m1./s1. The summed E-state index contributed by atoms with van der Waals surface area (Å²) < 4.78 is 11.2. The van der Waals surface area contributed by atoms with Crippen molar-refractivity contribution in [3.63, 3.8) is 0 Å². The van der Waals surface area contributed by atoms with Crippen LogP contribution >= 0.6 is 12.4 Å². The van der Waals surface area contributed by atoms with E-state index < -0.39 is 0 Å². The number of likely N-dealkylation sites (tertiary alicyclic amines) is 1. The molecule has 2 aromatic rings. The Balaban J connectivity index is 0.00000300. The van der Waals surface area contributed by atoms with Gasteiger partial charge >= 0.3 is 0 Å². The van der Waals surface area contributed by atoms with Crippen LogP contribution in [0, 0.1) is 5.92 Å². The predicted molar refractivity (Wildman–Crippen MR) is 119 cm³/mol. The third-order valence-electron chi connectivity index (χ3n) is 5.22. The highest BCUT2D eigenvalue weighted by Gasteiger charge is 2.35. The highest BCUT2D eigenvalue weighted by atomic mass is 35.5. The zero-order chi connectivity index (χ0) is 19.9. The Morgan fingerprint density at radius 2 is 1.93 bits per heavy atom. The van der Waals surface area contributed by atoms with E-state index in [4.69, 9.17) is 15.2 Å². The van der Waals surface area contributed by atoms with Crippen molar-refractivity contribution in [1.82, 2.24) is 4.90 Å². The maximum absolute atomic E-state index is 12.7. The number of methoxy groups -OCH3 is 1. The van der Waals surface area contributed by atoms with Gasteiger partial charge in [0, 0.05) is 19.0 Å². The van der Waals surface area contributed by atoms with E-state index in [0.717, 1.165) is 5.56 Å². The summed E-state index contributed by atoms with van der Waals surface area (Å²) in [6.07, 6.45) is 3.95. The molecule has 156 valence electrons. The number of halogens is 1. The minimum absolute atomic E-state index is 0. The van der Waals surface area contributed by atoms with Gasteiger partial charge in [-0.05, 0) is 42.6 Å². The molecule has 1 amide bonds. The summed E-state index contributed by atoms with van der Waals surface area (Å²) in [5.41, 5.74) is 8.23. The van der Waals surface area contributed by atoms with Crippen LogP contribution in [0.25, 0.3) is 6.08 Å². The van der Waals surface area contributed by atoms with Crippen LogP contribution in [0.4, 0.5) is 0 Å². The van der Waals surface area contributed by atoms with Gasteiger partial charge in [-0.1, -0.05) is 48.6 Å². The predicted octanol–water partition coefficient (Wildman–Crippen LogP) is 3.73. The van der Waals surface area contributed by atoms with Gasteiger partial charge in [-0.25, -0.2) is 0 Å². The number of hydrogen-bond donors (Lipinski definition) is 1. The third kappa shape index (κ3) is 5.52. The fraction of sp³-hybridized carbons (Fsp3) is 0.348. The Kier molecular flexibility index (Phi) is 8.55. The molecule has 0 bridgehead atoms. The van der Waals surface area contributed by atoms with Crippen molar-refractivity contribution in [2.24, 2.45) is 11.7 Å². The van der Waals surface area contributed by atoms with Gasteiger partial charge in [0.25, 0.3) is 5.91 Å². The van der Waals surface area contributed by atoms with Gasteiger partial charge in [-0.3, -0.25) is 4.79 Å². The van der Waals surface area contributed by atoms with Crippen molar-refractivity contribution in [1.29, 1.82) is 0 Å². The van der Waals surface area contributed by atoms with Crippen molar-refractivity contribution in [3.05, 3.63) is 65.7 Å². The molecule has 0 spiro atoms. The van der Waals surface area contributed by atoms with E-state index in [1.165, 1.54) is 5.56 Å². The number of rotatable bonds is 7. The molecule has 29 heavy (non-hydrogen) atoms. The number of benzene rings is 2. The van der Waals surface area contributed by atoms with Crippen LogP contribution < -0.4 is 15.2 Å². The van der Waals surface area contributed by atoms with Gasteiger partial charge < -0.3 is 20.1 Å². The van der Waals surface area contributed by atoms with Crippen LogP contribution in [-0.4, -0.2) is 44.2 Å². The van der Waals surface area contributed by atoms with Crippen LogP contribution in [0.15, 0.2) is 54.6 Å². The summed E-state index contributed by atoms with van der Waals surface area (Å²) in [6, 6.07) is 15.9. The molecule has 0 aliphatic carbocycles. The molecule has 2 atom stereocenters. The molecule has 5 nitrogen and oxygen atoms in total. The summed E-state index contributed by atoms with van der Waals surface area (Å²) >= 11 is 0. The van der Waals surface area contributed by atoms with Crippen LogP contribution in [0.5, 0.6) is 11.5 Å². The first kappa shape index (κ1) is 22.8. The number of nitrogens with two attached hydrogens (primary N) is 1. The van der Waals surface area contributed by atoms with Crippen LogP contribution in [0.1, 0.15) is 24.0 Å². The van der Waals surface area contributed by atoms with Gasteiger partial charge in [0.15, 0.2) is 18.1 Å². The summed E-state index contributed by atoms with van der Waals surface area (Å²) in [4.78, 5) is 14.6. The largest absolute Gasteiger partial charge is 0.493 e. The zero-order valence-corrected chi connectivity index (χ0v) is 17.7. The second-order valence-corrected chi connectivity index (χ2v) is 7.01. The molecular weight excluding hydrogens is 388 g/mol. The smallest absolute Gasteiger partial charge is 0.260 e. The lowest BCUT2D eigenvalue weighted by atomic mass is 9.89. The summed E-state index contributed by atoms with van der Waals surface area (Å²) in [7, 11) is 1.60. The number of hydrogen-bond acceptors (Lipinski definition) is 4. The normalized spacial score (nSPS) is 18.5. The van der Waals surface area contributed by atoms with Crippen molar-refractivity contribution in [2.75, 3.05) is 33.4 Å². The molecule has 3 rings (SSSR count). The summed E-state index contributed by atoms with van der Waals surface area (Å²) in [5.74, 6) is 1.69. The van der Waals surface area contributed by atoms with E-state index in [1.54, 1.807) is 7.11 Å². The molecule has 0 aromatic heterocycles. The fourth-order valence-electron chi connectivity index (χ4n) is 3.72. The second kappa shape index (κ2) is 10.9. The van der Waals surface area contributed by atoms with Gasteiger partial charge in [0.1, 0.15) is 0 Å². The number of allylic oxidation sites excluding steroid dienone is 1. The zero-order valence-electron chi connectivity index (χ0n) is 16.9. The number of amides is 1. The maximum atomic E-state index is 12.7. The lowest BCUT2D eigenvalue weighted by Crippen LogP contribution is -2.33. The van der Waals surface area contributed by atoms with Crippen LogP contribution in [-0.2, 0) is 4.79 Å². The highest BCUT2D eigenvalue weighted by Crippen LogP contribution is 2.32. The van der Waals surface area contributed by atoms with E-state index in [0.29, 0.717) is 31.1 Å². The molecule has 1 heterocycles. The average Bonchev–Trinajstić information content (AvgIpc) is 3.18. The van der Waals surface area contributed by atoms with Gasteiger partial charge in [-0.15, -0.1) is 12.4 Å². The molecule has 1 saturated heterocycles. The molecule has 0 radical (unpaired) electrons. The van der Waals surface area contributed by atoms with Gasteiger partial charge in [0.2, 0.25) is 0 Å². The van der Waals surface area contributed by atoms with E-state index in [2.05, 4.69) is 12.1 Å². The molecule has 6 heteroatoms. The van der Waals surface area contributed by atoms with Gasteiger partial charge in [0.05, 0.1) is 7.11 Å². The number of carbonyl (C=O) groups excluding carboxylic acids is 1. The van der Waals surface area contributed by atoms with E-state index in [9.17, 15) is 4.79 Å².